The first-order chi connectivity index (χ1) is 10.5. The summed E-state index contributed by atoms with van der Waals surface area (Å²) in [6, 6.07) is 7.49. The Balaban J connectivity index is 2.16. The van der Waals surface area contributed by atoms with Crippen molar-refractivity contribution in [2.75, 3.05) is 14.1 Å². The number of carbonyl (C=O) groups is 2. The first-order valence-corrected chi connectivity index (χ1v) is 7.89. The molecule has 2 aliphatic rings. The standard InChI is InChI=1S/C17H19ClN2O2/c1-19(2)20-14-8-5-9-15(21)17(14)12(10-16(20)22)11-6-3-4-7-13(11)18/h3-4,6-7,12H,5,8-10H2,1-2H3. The van der Waals surface area contributed by atoms with Crippen molar-refractivity contribution in [2.24, 2.45) is 0 Å². The Morgan fingerprint density at radius 2 is 1.91 bits per heavy atom. The van der Waals surface area contributed by atoms with E-state index in [1.165, 1.54) is 0 Å². The van der Waals surface area contributed by atoms with Crippen molar-refractivity contribution in [3.05, 3.63) is 46.1 Å². The molecule has 22 heavy (non-hydrogen) atoms. The molecule has 1 unspecified atom stereocenters. The lowest BCUT2D eigenvalue weighted by Gasteiger charge is -2.41. The van der Waals surface area contributed by atoms with Gasteiger partial charge in [0, 0.05) is 49.1 Å². The maximum atomic E-state index is 12.6. The molecule has 0 saturated carbocycles. The molecule has 0 saturated heterocycles. The molecular formula is C17H19ClN2O2. The summed E-state index contributed by atoms with van der Waals surface area (Å²) in [7, 11) is 3.66. The molecule has 1 heterocycles. The molecular weight excluding hydrogens is 300 g/mol. The van der Waals surface area contributed by atoms with Crippen molar-refractivity contribution in [1.82, 2.24) is 10.0 Å². The van der Waals surface area contributed by atoms with Crippen molar-refractivity contribution < 1.29 is 9.59 Å². The Bertz CT molecular complexity index is 666. The van der Waals surface area contributed by atoms with E-state index < -0.39 is 0 Å². The molecule has 0 fully saturated rings. The molecule has 1 atom stereocenters. The summed E-state index contributed by atoms with van der Waals surface area (Å²) >= 11 is 6.31. The Labute approximate surface area is 135 Å². The lowest BCUT2D eigenvalue weighted by atomic mass is 9.77. The zero-order chi connectivity index (χ0) is 15.9. The number of Topliss-reactive ketones (excluding diaryl/α,β-unsaturated/α-hetero) is 1. The fourth-order valence-corrected chi connectivity index (χ4v) is 3.73. The van der Waals surface area contributed by atoms with E-state index in [9.17, 15) is 9.59 Å². The molecule has 0 spiro atoms. The largest absolute Gasteiger partial charge is 0.294 e. The second kappa shape index (κ2) is 5.86. The number of nitrogens with zero attached hydrogens (tertiary/aromatic N) is 2. The lowest BCUT2D eigenvalue weighted by molar-refractivity contribution is -0.143. The quantitative estimate of drug-likeness (QED) is 0.841. The third kappa shape index (κ3) is 2.46. The van der Waals surface area contributed by atoms with Crippen LogP contribution in [0.3, 0.4) is 0 Å². The van der Waals surface area contributed by atoms with E-state index in [2.05, 4.69) is 0 Å². The summed E-state index contributed by atoms with van der Waals surface area (Å²) in [5.41, 5.74) is 2.49. The van der Waals surface area contributed by atoms with Gasteiger partial charge in [0.15, 0.2) is 5.78 Å². The number of rotatable bonds is 2. The van der Waals surface area contributed by atoms with Gasteiger partial charge in [-0.15, -0.1) is 0 Å². The summed E-state index contributed by atoms with van der Waals surface area (Å²) in [6.07, 6.45) is 2.39. The van der Waals surface area contributed by atoms with E-state index >= 15 is 0 Å². The molecule has 1 aromatic rings. The number of halogens is 1. The fourth-order valence-electron chi connectivity index (χ4n) is 3.46. The topological polar surface area (TPSA) is 40.6 Å². The smallest absolute Gasteiger partial charge is 0.242 e. The highest BCUT2D eigenvalue weighted by Gasteiger charge is 2.40. The van der Waals surface area contributed by atoms with Gasteiger partial charge in [-0.05, 0) is 24.5 Å². The van der Waals surface area contributed by atoms with Gasteiger partial charge in [-0.25, -0.2) is 10.0 Å². The van der Waals surface area contributed by atoms with E-state index in [0.717, 1.165) is 29.7 Å². The molecule has 0 bridgehead atoms. The second-order valence-electron chi connectivity index (χ2n) is 5.97. The van der Waals surface area contributed by atoms with Crippen LogP contribution in [0.5, 0.6) is 0 Å². The van der Waals surface area contributed by atoms with Crippen LogP contribution in [0, 0.1) is 0 Å². The van der Waals surface area contributed by atoms with Gasteiger partial charge in [0.25, 0.3) is 0 Å². The molecule has 1 aromatic carbocycles. The average molecular weight is 319 g/mol. The Morgan fingerprint density at radius 1 is 1.18 bits per heavy atom. The van der Waals surface area contributed by atoms with Gasteiger partial charge >= 0.3 is 0 Å². The number of ketones is 1. The van der Waals surface area contributed by atoms with Crippen LogP contribution < -0.4 is 0 Å². The molecule has 5 heteroatoms. The van der Waals surface area contributed by atoms with Crippen molar-refractivity contribution in [3.63, 3.8) is 0 Å². The van der Waals surface area contributed by atoms with Gasteiger partial charge in [0.2, 0.25) is 5.91 Å². The minimum Gasteiger partial charge on any atom is -0.294 e. The molecule has 116 valence electrons. The summed E-state index contributed by atoms with van der Waals surface area (Å²) in [5.74, 6) is -0.0610. The van der Waals surface area contributed by atoms with Gasteiger partial charge < -0.3 is 0 Å². The van der Waals surface area contributed by atoms with Crippen molar-refractivity contribution in [3.8, 4) is 0 Å². The number of allylic oxidation sites excluding steroid dienone is 2. The Hall–Kier alpha value is -1.65. The predicted octanol–water partition coefficient (Wildman–Crippen LogP) is 3.14. The number of hydrogen-bond donors (Lipinski definition) is 0. The minimum absolute atomic E-state index is 0.0170. The summed E-state index contributed by atoms with van der Waals surface area (Å²) < 4.78 is 0. The van der Waals surface area contributed by atoms with Crippen LogP contribution in [0.2, 0.25) is 5.02 Å². The molecule has 0 N–H and O–H groups in total. The molecule has 1 amide bonds. The summed E-state index contributed by atoms with van der Waals surface area (Å²) in [5, 5.41) is 4.03. The Morgan fingerprint density at radius 3 is 2.59 bits per heavy atom. The van der Waals surface area contributed by atoms with Crippen LogP contribution in [-0.4, -0.2) is 35.8 Å². The van der Waals surface area contributed by atoms with E-state index in [1.807, 2.05) is 38.4 Å². The third-order valence-corrected chi connectivity index (χ3v) is 4.67. The average Bonchev–Trinajstić information content (AvgIpc) is 2.46. The molecule has 4 nitrogen and oxygen atoms in total. The summed E-state index contributed by atoms with van der Waals surface area (Å²) in [6.45, 7) is 0. The van der Waals surface area contributed by atoms with Crippen LogP contribution in [0.15, 0.2) is 35.5 Å². The highest BCUT2D eigenvalue weighted by Crippen LogP contribution is 2.43. The lowest BCUT2D eigenvalue weighted by Crippen LogP contribution is -2.47. The number of hydrogen-bond acceptors (Lipinski definition) is 3. The van der Waals surface area contributed by atoms with Crippen molar-refractivity contribution >= 4 is 23.3 Å². The van der Waals surface area contributed by atoms with Gasteiger partial charge in [-0.1, -0.05) is 29.8 Å². The molecule has 3 rings (SSSR count). The highest BCUT2D eigenvalue weighted by atomic mass is 35.5. The normalized spacial score (nSPS) is 22.4. The first-order valence-electron chi connectivity index (χ1n) is 7.51. The van der Waals surface area contributed by atoms with Crippen LogP contribution in [0.4, 0.5) is 0 Å². The molecule has 0 radical (unpaired) electrons. The van der Waals surface area contributed by atoms with Gasteiger partial charge in [0.05, 0.1) is 0 Å². The van der Waals surface area contributed by atoms with Gasteiger partial charge in [-0.3, -0.25) is 9.59 Å². The second-order valence-corrected chi connectivity index (χ2v) is 6.38. The highest BCUT2D eigenvalue weighted by molar-refractivity contribution is 6.31. The van der Waals surface area contributed by atoms with Crippen molar-refractivity contribution in [2.45, 2.75) is 31.6 Å². The molecule has 0 aromatic heterocycles. The van der Waals surface area contributed by atoms with E-state index in [4.69, 9.17) is 11.6 Å². The van der Waals surface area contributed by atoms with E-state index in [0.29, 0.717) is 11.4 Å². The van der Waals surface area contributed by atoms with Gasteiger partial charge in [-0.2, -0.15) is 0 Å². The number of benzene rings is 1. The van der Waals surface area contributed by atoms with E-state index in [-0.39, 0.29) is 24.0 Å². The van der Waals surface area contributed by atoms with Crippen LogP contribution in [0.25, 0.3) is 0 Å². The van der Waals surface area contributed by atoms with Crippen LogP contribution >= 0.6 is 11.6 Å². The number of carbonyl (C=O) groups excluding carboxylic acids is 2. The molecule has 1 aliphatic heterocycles. The predicted molar refractivity (Wildman–Crippen MR) is 85.2 cm³/mol. The van der Waals surface area contributed by atoms with Crippen molar-refractivity contribution in [1.29, 1.82) is 0 Å². The minimum atomic E-state index is -0.222. The zero-order valence-corrected chi connectivity index (χ0v) is 13.6. The first kappa shape index (κ1) is 15.3. The third-order valence-electron chi connectivity index (χ3n) is 4.33. The fraction of sp³-hybridized carbons (Fsp3) is 0.412. The number of hydrazine groups is 1. The maximum Gasteiger partial charge on any atom is 0.242 e. The summed E-state index contributed by atoms with van der Waals surface area (Å²) in [4.78, 5) is 25.1. The monoisotopic (exact) mass is 318 g/mol. The SMILES string of the molecule is CN(C)N1C(=O)CC(c2ccccc2Cl)C2=C1CCCC2=O. The Kier molecular flexibility index (Phi) is 4.06. The molecule has 1 aliphatic carbocycles. The maximum absolute atomic E-state index is 12.6. The van der Waals surface area contributed by atoms with Crippen LogP contribution in [0.1, 0.15) is 37.2 Å². The van der Waals surface area contributed by atoms with E-state index in [1.54, 1.807) is 10.0 Å². The van der Waals surface area contributed by atoms with Crippen LogP contribution in [-0.2, 0) is 9.59 Å². The zero-order valence-electron chi connectivity index (χ0n) is 12.8. The van der Waals surface area contributed by atoms with Gasteiger partial charge in [0.1, 0.15) is 0 Å². The number of amides is 1.